The van der Waals surface area contributed by atoms with Crippen molar-refractivity contribution in [1.29, 1.82) is 0 Å². The zero-order chi connectivity index (χ0) is 25.8. The lowest BCUT2D eigenvalue weighted by molar-refractivity contribution is -0.140. The van der Waals surface area contributed by atoms with Crippen molar-refractivity contribution in [2.24, 2.45) is 14.1 Å². The predicted octanol–water partition coefficient (Wildman–Crippen LogP) is 3.74. The van der Waals surface area contributed by atoms with Crippen LogP contribution in [0.25, 0.3) is 22.4 Å². The summed E-state index contributed by atoms with van der Waals surface area (Å²) in [5.74, 6) is -3.42. The molecule has 4 rings (SSSR count). The molecule has 0 spiro atoms. The first-order valence-electron chi connectivity index (χ1n) is 9.79. The number of halogens is 5. The lowest BCUT2D eigenvalue weighted by Crippen LogP contribution is -2.36. The SMILES string of the molecule is Cc1oc2c(c1CC(=O)Nc1nc(-c3cc(C(F)(F)F)c(F)cc3F)cs1)c(=O)n(C)c(=O)n2C. The van der Waals surface area contributed by atoms with Crippen LogP contribution in [-0.4, -0.2) is 20.0 Å². The van der Waals surface area contributed by atoms with Crippen molar-refractivity contribution in [2.75, 3.05) is 5.32 Å². The summed E-state index contributed by atoms with van der Waals surface area (Å²) in [5, 5.41) is 3.62. The molecule has 0 bridgehead atoms. The van der Waals surface area contributed by atoms with E-state index in [4.69, 9.17) is 4.42 Å². The molecule has 3 aromatic heterocycles. The Hall–Kier alpha value is -3.81. The Kier molecular flexibility index (Phi) is 5.87. The lowest BCUT2D eigenvalue weighted by atomic mass is 10.1. The number of benzene rings is 1. The van der Waals surface area contributed by atoms with Crippen molar-refractivity contribution < 1.29 is 31.2 Å². The quantitative estimate of drug-likeness (QED) is 0.419. The number of fused-ring (bicyclic) bond motifs is 1. The molecule has 14 heteroatoms. The summed E-state index contributed by atoms with van der Waals surface area (Å²) >= 11 is 0.810. The molecule has 1 N–H and O–H groups in total. The molecule has 1 aromatic carbocycles. The highest BCUT2D eigenvalue weighted by Gasteiger charge is 2.35. The van der Waals surface area contributed by atoms with E-state index < -0.39 is 46.1 Å². The number of hydrogen-bond acceptors (Lipinski definition) is 6. The second kappa shape index (κ2) is 8.45. The first-order valence-corrected chi connectivity index (χ1v) is 10.7. The summed E-state index contributed by atoms with van der Waals surface area (Å²) < 4.78 is 74.2. The van der Waals surface area contributed by atoms with E-state index in [0.717, 1.165) is 20.5 Å². The topological polar surface area (TPSA) is 99.1 Å². The second-order valence-electron chi connectivity index (χ2n) is 7.60. The molecule has 1 amide bonds. The normalized spacial score (nSPS) is 11.9. The summed E-state index contributed by atoms with van der Waals surface area (Å²) in [6.45, 7) is 1.52. The number of nitrogens with zero attached hydrogens (tertiary/aromatic N) is 3. The molecule has 0 unspecified atom stereocenters. The molecule has 8 nitrogen and oxygen atoms in total. The largest absolute Gasteiger partial charge is 0.444 e. The molecule has 0 saturated heterocycles. The van der Waals surface area contributed by atoms with Crippen LogP contribution in [0, 0.1) is 18.6 Å². The van der Waals surface area contributed by atoms with Crippen molar-refractivity contribution in [3.05, 3.63) is 66.9 Å². The summed E-state index contributed by atoms with van der Waals surface area (Å²) in [6, 6.07) is 0.433. The standard InChI is InChI=1S/C21H15F5N4O4S/c1-8-9(16-17(32)29(2)20(33)30(3)18(16)34-8)5-15(31)28-19-27-14(7-35-19)10-4-11(21(24,25)26)13(23)6-12(10)22/h4,6-7H,5H2,1-3H3,(H,27,28,31). The number of nitrogens with one attached hydrogen (secondary N) is 1. The van der Waals surface area contributed by atoms with Gasteiger partial charge in [-0.05, 0) is 13.0 Å². The lowest BCUT2D eigenvalue weighted by Gasteiger charge is -2.10. The Balaban J connectivity index is 1.62. The van der Waals surface area contributed by atoms with Gasteiger partial charge in [-0.15, -0.1) is 11.3 Å². The highest BCUT2D eigenvalue weighted by molar-refractivity contribution is 7.14. The van der Waals surface area contributed by atoms with Crippen LogP contribution >= 0.6 is 11.3 Å². The Bertz CT molecular complexity index is 1610. The fourth-order valence-electron chi connectivity index (χ4n) is 3.54. The molecule has 0 atom stereocenters. The second-order valence-corrected chi connectivity index (χ2v) is 8.45. The van der Waals surface area contributed by atoms with Crippen LogP contribution in [0.5, 0.6) is 0 Å². The van der Waals surface area contributed by atoms with E-state index in [1.807, 2.05) is 0 Å². The number of aromatic nitrogens is 3. The maximum atomic E-state index is 14.2. The van der Waals surface area contributed by atoms with Crippen molar-refractivity contribution in [3.8, 4) is 11.3 Å². The van der Waals surface area contributed by atoms with Gasteiger partial charge in [0.2, 0.25) is 11.6 Å². The average molecular weight is 514 g/mol. The maximum Gasteiger partial charge on any atom is 0.419 e. The van der Waals surface area contributed by atoms with Crippen LogP contribution in [0.15, 0.2) is 31.5 Å². The predicted molar refractivity (Wildman–Crippen MR) is 116 cm³/mol. The van der Waals surface area contributed by atoms with E-state index in [1.54, 1.807) is 0 Å². The van der Waals surface area contributed by atoms with Gasteiger partial charge < -0.3 is 9.73 Å². The van der Waals surface area contributed by atoms with Crippen LogP contribution in [0.1, 0.15) is 16.9 Å². The number of rotatable bonds is 4. The number of carbonyl (C=O) groups excluding carboxylic acids is 1. The van der Waals surface area contributed by atoms with E-state index in [0.29, 0.717) is 6.07 Å². The maximum absolute atomic E-state index is 14.2. The van der Waals surface area contributed by atoms with Gasteiger partial charge in [0.1, 0.15) is 22.8 Å². The number of anilines is 1. The molecule has 0 aliphatic heterocycles. The molecule has 0 radical (unpaired) electrons. The van der Waals surface area contributed by atoms with Crippen molar-refractivity contribution in [1.82, 2.24) is 14.1 Å². The smallest absolute Gasteiger partial charge is 0.419 e. The number of amides is 1. The Morgan fingerprint density at radius 3 is 2.49 bits per heavy atom. The monoisotopic (exact) mass is 514 g/mol. The van der Waals surface area contributed by atoms with Crippen LogP contribution < -0.4 is 16.6 Å². The van der Waals surface area contributed by atoms with Crippen LogP contribution in [-0.2, 0) is 31.5 Å². The number of hydrogen-bond donors (Lipinski definition) is 1. The number of carbonyl (C=O) groups is 1. The third kappa shape index (κ3) is 4.24. The molecular formula is C21H15F5N4O4S. The molecule has 4 aromatic rings. The van der Waals surface area contributed by atoms with Crippen LogP contribution in [0.2, 0.25) is 0 Å². The van der Waals surface area contributed by atoms with Gasteiger partial charge in [-0.3, -0.25) is 18.7 Å². The van der Waals surface area contributed by atoms with Gasteiger partial charge in [0.05, 0.1) is 17.7 Å². The number of furan rings is 1. The fourth-order valence-corrected chi connectivity index (χ4v) is 4.27. The molecule has 0 aliphatic carbocycles. The molecule has 3 heterocycles. The fraction of sp³-hybridized carbons (Fsp3) is 0.238. The summed E-state index contributed by atoms with van der Waals surface area (Å²) in [5.41, 5.74) is -3.48. The molecule has 184 valence electrons. The Morgan fingerprint density at radius 1 is 1.14 bits per heavy atom. The van der Waals surface area contributed by atoms with E-state index in [1.165, 1.54) is 26.4 Å². The zero-order valence-corrected chi connectivity index (χ0v) is 19.0. The number of aryl methyl sites for hydroxylation is 2. The third-order valence-electron chi connectivity index (χ3n) is 5.31. The van der Waals surface area contributed by atoms with Gasteiger partial charge in [-0.2, -0.15) is 13.2 Å². The highest BCUT2D eigenvalue weighted by atomic mass is 32.1. The van der Waals surface area contributed by atoms with Gasteiger partial charge in [-0.1, -0.05) is 0 Å². The Labute approximate surface area is 196 Å². The minimum Gasteiger partial charge on any atom is -0.444 e. The average Bonchev–Trinajstić information content (AvgIpc) is 3.34. The highest BCUT2D eigenvalue weighted by Crippen LogP contribution is 2.36. The van der Waals surface area contributed by atoms with E-state index in [-0.39, 0.29) is 45.7 Å². The summed E-state index contributed by atoms with van der Waals surface area (Å²) in [4.78, 5) is 41.2. The van der Waals surface area contributed by atoms with Crippen molar-refractivity contribution in [3.63, 3.8) is 0 Å². The molecule has 0 aliphatic rings. The van der Waals surface area contributed by atoms with Crippen molar-refractivity contribution in [2.45, 2.75) is 19.5 Å². The molecule has 0 fully saturated rings. The van der Waals surface area contributed by atoms with Crippen LogP contribution in [0.3, 0.4) is 0 Å². The van der Waals surface area contributed by atoms with Gasteiger partial charge in [0, 0.05) is 36.7 Å². The number of thiazole rings is 1. The van der Waals surface area contributed by atoms with E-state index >= 15 is 0 Å². The minimum atomic E-state index is -5.04. The summed E-state index contributed by atoms with van der Waals surface area (Å²) in [7, 11) is 2.69. The van der Waals surface area contributed by atoms with Crippen molar-refractivity contribution >= 4 is 33.5 Å². The third-order valence-corrected chi connectivity index (χ3v) is 6.07. The minimum absolute atomic E-state index is 0.00203. The van der Waals surface area contributed by atoms with Gasteiger partial charge in [0.25, 0.3) is 5.56 Å². The van der Waals surface area contributed by atoms with Gasteiger partial charge in [-0.25, -0.2) is 18.6 Å². The molecular weight excluding hydrogens is 499 g/mol. The molecule has 35 heavy (non-hydrogen) atoms. The summed E-state index contributed by atoms with van der Waals surface area (Å²) in [6.07, 6.45) is -5.38. The van der Waals surface area contributed by atoms with Gasteiger partial charge in [0.15, 0.2) is 5.13 Å². The first kappa shape index (κ1) is 24.3. The number of alkyl halides is 3. The first-order chi connectivity index (χ1) is 16.3. The van der Waals surface area contributed by atoms with E-state index in [2.05, 4.69) is 10.3 Å². The van der Waals surface area contributed by atoms with E-state index in [9.17, 15) is 36.3 Å². The van der Waals surface area contributed by atoms with Gasteiger partial charge >= 0.3 is 11.9 Å². The van der Waals surface area contributed by atoms with Crippen LogP contribution in [0.4, 0.5) is 27.1 Å². The molecule has 0 saturated carbocycles. The Morgan fingerprint density at radius 2 is 1.83 bits per heavy atom. The zero-order valence-electron chi connectivity index (χ0n) is 18.2.